The van der Waals surface area contributed by atoms with Gasteiger partial charge in [0.1, 0.15) is 12.2 Å². The lowest BCUT2D eigenvalue weighted by Crippen LogP contribution is -2.60. The molecular weight excluding hydrogens is 586 g/mol. The van der Waals surface area contributed by atoms with Crippen LogP contribution in [0.25, 0.3) is 10.4 Å². The Kier molecular flexibility index (Phi) is 12.6. The Morgan fingerprint density at radius 1 is 0.674 bits per heavy atom. The van der Waals surface area contributed by atoms with Crippen molar-refractivity contribution in [3.05, 3.63) is 118 Å². The fourth-order valence-electron chi connectivity index (χ4n) is 6.16. The van der Waals surface area contributed by atoms with E-state index in [1.54, 1.807) is 0 Å². The summed E-state index contributed by atoms with van der Waals surface area (Å²) in [6.45, 7) is 7.23. The van der Waals surface area contributed by atoms with Crippen LogP contribution in [0.2, 0.25) is 0 Å². The van der Waals surface area contributed by atoms with Crippen LogP contribution >= 0.6 is 0 Å². The third-order valence-electron chi connectivity index (χ3n) is 9.11. The molecular formula is C36H45N3O7. The van der Waals surface area contributed by atoms with Gasteiger partial charge in [-0.3, -0.25) is 0 Å². The normalized spacial score (nSPS) is 31.2. The van der Waals surface area contributed by atoms with Crippen molar-refractivity contribution in [1.29, 1.82) is 0 Å². The van der Waals surface area contributed by atoms with Gasteiger partial charge < -0.3 is 33.5 Å². The van der Waals surface area contributed by atoms with Crippen molar-refractivity contribution in [1.82, 2.24) is 0 Å². The van der Waals surface area contributed by atoms with Gasteiger partial charge in [0, 0.05) is 4.91 Å². The molecule has 4 unspecified atom stereocenters. The molecule has 2 heterocycles. The van der Waals surface area contributed by atoms with Crippen LogP contribution in [-0.2, 0) is 48.2 Å². The molecule has 0 aliphatic carbocycles. The van der Waals surface area contributed by atoms with E-state index in [4.69, 9.17) is 28.4 Å². The second-order valence-corrected chi connectivity index (χ2v) is 12.2. The van der Waals surface area contributed by atoms with Gasteiger partial charge in [-0.05, 0) is 40.0 Å². The lowest BCUT2D eigenvalue weighted by Gasteiger charge is -2.48. The van der Waals surface area contributed by atoms with E-state index in [9.17, 15) is 10.6 Å². The first-order valence-corrected chi connectivity index (χ1v) is 16.0. The van der Waals surface area contributed by atoms with Gasteiger partial charge in [0.25, 0.3) is 0 Å². The monoisotopic (exact) mass is 631 g/mol. The quantitative estimate of drug-likeness (QED) is 0.124. The molecule has 10 nitrogen and oxygen atoms in total. The lowest BCUT2D eigenvalue weighted by atomic mass is 9.83. The zero-order valence-electron chi connectivity index (χ0n) is 26.7. The van der Waals surface area contributed by atoms with E-state index in [0.29, 0.717) is 13.2 Å². The fraction of sp³-hybridized carbons (Fsp3) is 0.500. The number of hydrogen-bond donors (Lipinski definition) is 1. The first-order chi connectivity index (χ1) is 22.5. The third kappa shape index (κ3) is 8.73. The van der Waals surface area contributed by atoms with Crippen molar-refractivity contribution in [3.63, 3.8) is 0 Å². The number of ether oxygens (including phenoxy) is 6. The third-order valence-corrected chi connectivity index (χ3v) is 9.11. The average Bonchev–Trinajstić information content (AvgIpc) is 3.09. The number of rotatable bonds is 14. The smallest absolute Gasteiger partial charge is 0.184 e. The summed E-state index contributed by atoms with van der Waals surface area (Å²) in [5.41, 5.74) is 12.6. The standard InChI is InChI=1S/C36H45N3O7/c1-24-25(2)34(42-21-28-15-9-5-10-16-28)36(44-30(24)19-40)46-33-26(3)32(38-39-37)35(43-22-29-17-11-6-12-18-29)45-31(33)23-41-20-27-13-7-4-8-14-27/h4-18,24-26,30-36,40H,19-23H2,1-3H3/t24-,25-,26+,30?,31?,32?,33-,34?,35+,36-/m0/s1. The van der Waals surface area contributed by atoms with Crippen molar-refractivity contribution in [2.75, 3.05) is 13.2 Å². The van der Waals surface area contributed by atoms with Crippen LogP contribution in [0.4, 0.5) is 0 Å². The molecule has 2 aliphatic rings. The molecule has 3 aromatic rings. The van der Waals surface area contributed by atoms with E-state index in [-0.39, 0.29) is 37.6 Å². The first-order valence-electron chi connectivity index (χ1n) is 16.0. The van der Waals surface area contributed by atoms with Crippen LogP contribution in [0.3, 0.4) is 0 Å². The van der Waals surface area contributed by atoms with Crippen molar-refractivity contribution >= 4 is 0 Å². The largest absolute Gasteiger partial charge is 0.394 e. The van der Waals surface area contributed by atoms with Crippen molar-refractivity contribution in [2.45, 2.75) is 83.6 Å². The highest BCUT2D eigenvalue weighted by atomic mass is 16.7. The van der Waals surface area contributed by atoms with E-state index in [1.165, 1.54) is 0 Å². The number of azide groups is 1. The Balaban J connectivity index is 1.38. The molecule has 2 saturated heterocycles. The van der Waals surface area contributed by atoms with Crippen molar-refractivity contribution in [2.24, 2.45) is 22.9 Å². The van der Waals surface area contributed by atoms with Crippen LogP contribution in [0, 0.1) is 17.8 Å². The summed E-state index contributed by atoms with van der Waals surface area (Å²) in [4.78, 5) is 3.14. The number of benzene rings is 3. The molecule has 10 heteroatoms. The summed E-state index contributed by atoms with van der Waals surface area (Å²) in [6, 6.07) is 29.0. The van der Waals surface area contributed by atoms with E-state index < -0.39 is 43.0 Å². The SMILES string of the molecule is C[C@@H]1C(CO)O[C@@H](O[C@@H]2C(COCc3ccccc3)O[C@@H](OCc3ccccc3)C(N=[N+]=[N-])[C@H]2C)C(OCc2ccccc2)[C@H]1C. The number of aliphatic hydroxyl groups is 1. The Labute approximate surface area is 271 Å². The molecule has 0 spiro atoms. The second kappa shape index (κ2) is 17.0. The second-order valence-electron chi connectivity index (χ2n) is 12.2. The summed E-state index contributed by atoms with van der Waals surface area (Å²) in [6.07, 6.45) is -3.67. The van der Waals surface area contributed by atoms with Crippen LogP contribution in [0.5, 0.6) is 0 Å². The summed E-state index contributed by atoms with van der Waals surface area (Å²) >= 11 is 0. The summed E-state index contributed by atoms with van der Waals surface area (Å²) in [5.74, 6) is -0.291. The number of aliphatic hydroxyl groups excluding tert-OH is 1. The van der Waals surface area contributed by atoms with E-state index in [0.717, 1.165) is 16.7 Å². The van der Waals surface area contributed by atoms with Gasteiger partial charge in [0.05, 0.1) is 51.3 Å². The molecule has 0 saturated carbocycles. The highest BCUT2D eigenvalue weighted by molar-refractivity contribution is 5.15. The van der Waals surface area contributed by atoms with Gasteiger partial charge in [-0.2, -0.15) is 0 Å². The van der Waals surface area contributed by atoms with Crippen LogP contribution in [-0.4, -0.2) is 61.4 Å². The minimum Gasteiger partial charge on any atom is -0.394 e. The predicted octanol–water partition coefficient (Wildman–Crippen LogP) is 6.42. The molecule has 10 atom stereocenters. The molecule has 5 rings (SSSR count). The zero-order valence-corrected chi connectivity index (χ0v) is 26.7. The molecule has 3 aromatic carbocycles. The van der Waals surface area contributed by atoms with E-state index in [1.807, 2.05) is 97.9 Å². The Morgan fingerprint density at radius 2 is 1.22 bits per heavy atom. The van der Waals surface area contributed by atoms with E-state index in [2.05, 4.69) is 23.9 Å². The Morgan fingerprint density at radius 3 is 1.78 bits per heavy atom. The molecule has 0 amide bonds. The zero-order chi connectivity index (χ0) is 32.3. The molecule has 0 radical (unpaired) electrons. The first kappa shape index (κ1) is 34.0. The molecule has 0 bridgehead atoms. The van der Waals surface area contributed by atoms with Gasteiger partial charge in [-0.15, -0.1) is 0 Å². The van der Waals surface area contributed by atoms with Gasteiger partial charge in [-0.1, -0.05) is 117 Å². The molecule has 1 N–H and O–H groups in total. The van der Waals surface area contributed by atoms with Crippen LogP contribution < -0.4 is 0 Å². The van der Waals surface area contributed by atoms with Gasteiger partial charge >= 0.3 is 0 Å². The fourth-order valence-corrected chi connectivity index (χ4v) is 6.16. The highest BCUT2D eigenvalue weighted by Gasteiger charge is 2.49. The molecule has 246 valence electrons. The Bertz CT molecular complexity index is 1360. The topological polar surface area (TPSA) is 124 Å². The maximum absolute atomic E-state index is 10.2. The molecule has 0 aromatic heterocycles. The minimum absolute atomic E-state index is 0.0158. The molecule has 2 fully saturated rings. The van der Waals surface area contributed by atoms with Crippen LogP contribution in [0.1, 0.15) is 37.5 Å². The maximum Gasteiger partial charge on any atom is 0.184 e. The van der Waals surface area contributed by atoms with Gasteiger partial charge in [0.2, 0.25) is 0 Å². The summed E-state index contributed by atoms with van der Waals surface area (Å²) in [7, 11) is 0. The van der Waals surface area contributed by atoms with Crippen molar-refractivity contribution in [3.8, 4) is 0 Å². The lowest BCUT2D eigenvalue weighted by molar-refractivity contribution is -0.337. The van der Waals surface area contributed by atoms with Gasteiger partial charge in [-0.25, -0.2) is 0 Å². The maximum atomic E-state index is 10.2. The summed E-state index contributed by atoms with van der Waals surface area (Å²) in [5, 5.41) is 14.3. The molecule has 2 aliphatic heterocycles. The predicted molar refractivity (Wildman–Crippen MR) is 172 cm³/mol. The average molecular weight is 632 g/mol. The Hall–Kier alpha value is -3.31. The summed E-state index contributed by atoms with van der Waals surface area (Å²) < 4.78 is 38.6. The molecule has 46 heavy (non-hydrogen) atoms. The van der Waals surface area contributed by atoms with Crippen molar-refractivity contribution < 1.29 is 33.5 Å². The van der Waals surface area contributed by atoms with E-state index >= 15 is 0 Å². The number of nitrogens with zero attached hydrogens (tertiary/aromatic N) is 3. The number of hydrogen-bond acceptors (Lipinski definition) is 8. The van der Waals surface area contributed by atoms with Crippen LogP contribution in [0.15, 0.2) is 96.1 Å². The van der Waals surface area contributed by atoms with Gasteiger partial charge in [0.15, 0.2) is 12.6 Å². The highest BCUT2D eigenvalue weighted by Crippen LogP contribution is 2.38. The minimum atomic E-state index is -0.821.